The van der Waals surface area contributed by atoms with Gasteiger partial charge >= 0.3 is 0 Å². The normalized spacial score (nSPS) is 15.1. The van der Waals surface area contributed by atoms with E-state index in [0.717, 1.165) is 6.26 Å². The number of hydrogen-bond donors (Lipinski definition) is 1. The van der Waals surface area contributed by atoms with Crippen molar-refractivity contribution in [2.45, 2.75) is 0 Å². The van der Waals surface area contributed by atoms with Crippen LogP contribution in [-0.2, 0) is 10.0 Å². The number of nitrogens with one attached hydrogen (secondary N) is 1. The van der Waals surface area contributed by atoms with Crippen molar-refractivity contribution in [1.29, 1.82) is 0 Å². The van der Waals surface area contributed by atoms with Gasteiger partial charge in [0.25, 0.3) is 5.91 Å². The third-order valence-electron chi connectivity index (χ3n) is 3.81. The van der Waals surface area contributed by atoms with Gasteiger partial charge in [-0.25, -0.2) is 18.4 Å². The van der Waals surface area contributed by atoms with Crippen LogP contribution in [-0.4, -0.2) is 61.6 Å². The van der Waals surface area contributed by atoms with E-state index in [-0.39, 0.29) is 5.91 Å². The first-order valence-electron chi connectivity index (χ1n) is 7.81. The van der Waals surface area contributed by atoms with Gasteiger partial charge in [0.2, 0.25) is 16.0 Å². The van der Waals surface area contributed by atoms with Crippen LogP contribution in [0.1, 0.15) is 10.4 Å². The number of hydrogen-bond acceptors (Lipinski definition) is 6. The summed E-state index contributed by atoms with van der Waals surface area (Å²) in [5.74, 6) is 0.541. The van der Waals surface area contributed by atoms with Crippen LogP contribution >= 0.6 is 0 Å². The molecule has 8 nitrogen and oxygen atoms in total. The van der Waals surface area contributed by atoms with Crippen molar-refractivity contribution in [2.24, 2.45) is 0 Å². The van der Waals surface area contributed by atoms with Gasteiger partial charge in [-0.1, -0.05) is 6.07 Å². The molecule has 1 aromatic heterocycles. The number of benzene rings is 1. The van der Waals surface area contributed by atoms with Crippen molar-refractivity contribution in [1.82, 2.24) is 14.9 Å². The Balaban J connectivity index is 1.66. The van der Waals surface area contributed by atoms with Crippen LogP contribution in [0.5, 0.6) is 0 Å². The van der Waals surface area contributed by atoms with E-state index >= 15 is 0 Å². The minimum absolute atomic E-state index is 0.120. The van der Waals surface area contributed by atoms with E-state index in [1.165, 1.54) is 0 Å². The third kappa shape index (κ3) is 4.44. The van der Waals surface area contributed by atoms with E-state index in [4.69, 9.17) is 0 Å². The van der Waals surface area contributed by atoms with Gasteiger partial charge in [0.05, 0.1) is 6.26 Å². The van der Waals surface area contributed by atoms with E-state index in [2.05, 4.69) is 14.7 Å². The van der Waals surface area contributed by atoms with Gasteiger partial charge in [0.15, 0.2) is 0 Å². The zero-order chi connectivity index (χ0) is 17.9. The molecule has 0 aliphatic carbocycles. The van der Waals surface area contributed by atoms with Crippen molar-refractivity contribution < 1.29 is 13.2 Å². The highest BCUT2D eigenvalue weighted by Crippen LogP contribution is 2.16. The van der Waals surface area contributed by atoms with Gasteiger partial charge in [-0.3, -0.25) is 9.52 Å². The van der Waals surface area contributed by atoms with Gasteiger partial charge in [-0.2, -0.15) is 0 Å². The highest BCUT2D eigenvalue weighted by molar-refractivity contribution is 7.92. The average Bonchev–Trinajstić information content (AvgIpc) is 2.61. The van der Waals surface area contributed by atoms with Crippen LogP contribution in [0.2, 0.25) is 0 Å². The molecular formula is C16H19N5O3S. The standard InChI is InChI=1S/C16H19N5O3S/c1-25(23,24)19-14-5-2-4-13(12-14)15(22)20-8-10-21(11-9-20)16-17-6-3-7-18-16/h2-7,12,19H,8-11H2,1H3. The van der Waals surface area contributed by atoms with Crippen LogP contribution in [0.15, 0.2) is 42.7 Å². The van der Waals surface area contributed by atoms with Crippen LogP contribution in [0, 0.1) is 0 Å². The van der Waals surface area contributed by atoms with Gasteiger partial charge in [0, 0.05) is 49.8 Å². The molecule has 1 aromatic carbocycles. The van der Waals surface area contributed by atoms with Gasteiger partial charge in [-0.15, -0.1) is 0 Å². The fourth-order valence-corrected chi connectivity index (χ4v) is 3.23. The number of rotatable bonds is 4. The Kier molecular flexibility index (Phi) is 4.84. The maximum absolute atomic E-state index is 12.7. The van der Waals surface area contributed by atoms with Gasteiger partial charge < -0.3 is 9.80 Å². The molecule has 0 spiro atoms. The second kappa shape index (κ2) is 7.06. The number of anilines is 2. The Bertz CT molecular complexity index is 849. The summed E-state index contributed by atoms with van der Waals surface area (Å²) in [7, 11) is -3.38. The second-order valence-electron chi connectivity index (χ2n) is 5.78. The van der Waals surface area contributed by atoms with Crippen molar-refractivity contribution in [3.05, 3.63) is 48.3 Å². The summed E-state index contributed by atoms with van der Waals surface area (Å²) in [5.41, 5.74) is 0.836. The van der Waals surface area contributed by atoms with Crippen molar-refractivity contribution in [3.63, 3.8) is 0 Å². The molecule has 3 rings (SSSR count). The number of aromatic nitrogens is 2. The van der Waals surface area contributed by atoms with E-state index in [1.54, 1.807) is 47.6 Å². The minimum Gasteiger partial charge on any atom is -0.337 e. The molecule has 0 radical (unpaired) electrons. The molecule has 0 atom stereocenters. The molecule has 9 heteroatoms. The van der Waals surface area contributed by atoms with E-state index in [1.807, 2.05) is 4.90 Å². The first-order valence-corrected chi connectivity index (χ1v) is 9.71. The summed E-state index contributed by atoms with van der Waals surface area (Å²) in [6, 6.07) is 8.27. The minimum atomic E-state index is -3.38. The number of sulfonamides is 1. The lowest BCUT2D eigenvalue weighted by Crippen LogP contribution is -2.49. The van der Waals surface area contributed by atoms with Gasteiger partial charge in [0.1, 0.15) is 0 Å². The number of amides is 1. The summed E-state index contributed by atoms with van der Waals surface area (Å²) >= 11 is 0. The van der Waals surface area contributed by atoms with E-state index in [9.17, 15) is 13.2 Å². The molecule has 25 heavy (non-hydrogen) atoms. The Labute approximate surface area is 146 Å². The molecule has 0 unspecified atom stereocenters. The lowest BCUT2D eigenvalue weighted by molar-refractivity contribution is 0.0746. The molecule has 0 saturated carbocycles. The first kappa shape index (κ1) is 17.2. The average molecular weight is 361 g/mol. The molecule has 1 saturated heterocycles. The van der Waals surface area contributed by atoms with Crippen molar-refractivity contribution in [3.8, 4) is 0 Å². The predicted octanol–water partition coefficient (Wildman–Crippen LogP) is 0.810. The highest BCUT2D eigenvalue weighted by Gasteiger charge is 2.23. The zero-order valence-electron chi connectivity index (χ0n) is 13.8. The summed E-state index contributed by atoms with van der Waals surface area (Å²) < 4.78 is 25.0. The summed E-state index contributed by atoms with van der Waals surface area (Å²) in [6.45, 7) is 2.41. The zero-order valence-corrected chi connectivity index (χ0v) is 14.6. The Morgan fingerprint density at radius 3 is 2.40 bits per heavy atom. The van der Waals surface area contributed by atoms with E-state index < -0.39 is 10.0 Å². The molecule has 1 amide bonds. The lowest BCUT2D eigenvalue weighted by atomic mass is 10.1. The number of carbonyl (C=O) groups excluding carboxylic acids is 1. The monoisotopic (exact) mass is 361 g/mol. The SMILES string of the molecule is CS(=O)(=O)Nc1cccc(C(=O)N2CCN(c3ncccn3)CC2)c1. The topological polar surface area (TPSA) is 95.5 Å². The molecule has 0 bridgehead atoms. The fraction of sp³-hybridized carbons (Fsp3) is 0.312. The number of nitrogens with zero attached hydrogens (tertiary/aromatic N) is 4. The molecule has 1 aliphatic rings. The summed E-state index contributed by atoms with van der Waals surface area (Å²) in [4.78, 5) is 24.9. The van der Waals surface area contributed by atoms with Crippen LogP contribution < -0.4 is 9.62 Å². The fourth-order valence-electron chi connectivity index (χ4n) is 2.68. The number of piperazine rings is 1. The summed E-state index contributed by atoms with van der Waals surface area (Å²) in [6.07, 6.45) is 4.46. The highest BCUT2D eigenvalue weighted by atomic mass is 32.2. The maximum Gasteiger partial charge on any atom is 0.254 e. The van der Waals surface area contributed by atoms with Crippen LogP contribution in [0.3, 0.4) is 0 Å². The molecule has 1 N–H and O–H groups in total. The lowest BCUT2D eigenvalue weighted by Gasteiger charge is -2.34. The van der Waals surface area contributed by atoms with Crippen LogP contribution in [0.4, 0.5) is 11.6 Å². The van der Waals surface area contributed by atoms with Crippen LogP contribution in [0.25, 0.3) is 0 Å². The summed E-state index contributed by atoms with van der Waals surface area (Å²) in [5, 5.41) is 0. The molecule has 2 aromatic rings. The maximum atomic E-state index is 12.7. The van der Waals surface area contributed by atoms with E-state index in [0.29, 0.717) is 43.4 Å². The predicted molar refractivity (Wildman–Crippen MR) is 95.1 cm³/mol. The Morgan fingerprint density at radius 2 is 1.76 bits per heavy atom. The van der Waals surface area contributed by atoms with Crippen molar-refractivity contribution >= 4 is 27.6 Å². The quantitative estimate of drug-likeness (QED) is 0.866. The van der Waals surface area contributed by atoms with Gasteiger partial charge in [-0.05, 0) is 24.3 Å². The van der Waals surface area contributed by atoms with Crippen molar-refractivity contribution in [2.75, 3.05) is 42.1 Å². The Hall–Kier alpha value is -2.68. The largest absolute Gasteiger partial charge is 0.337 e. The smallest absolute Gasteiger partial charge is 0.254 e. The number of carbonyl (C=O) groups is 1. The molecule has 132 valence electrons. The Morgan fingerprint density at radius 1 is 1.08 bits per heavy atom. The molecular weight excluding hydrogens is 342 g/mol. The molecule has 2 heterocycles. The third-order valence-corrected chi connectivity index (χ3v) is 4.42. The molecule has 1 aliphatic heterocycles. The molecule has 1 fully saturated rings. The second-order valence-corrected chi connectivity index (χ2v) is 7.53. The first-order chi connectivity index (χ1) is 11.9.